The molecule has 0 heterocycles. The Hall–Kier alpha value is -2.44. The normalized spacial score (nSPS) is 40.2. The van der Waals surface area contributed by atoms with Crippen molar-refractivity contribution in [1.29, 1.82) is 0 Å². The van der Waals surface area contributed by atoms with Gasteiger partial charge in [-0.25, -0.2) is 4.79 Å². The molecule has 0 radical (unpaired) electrons. The zero-order valence-corrected chi connectivity index (χ0v) is 29.9. The second-order valence-electron chi connectivity index (χ2n) is 17.5. The van der Waals surface area contributed by atoms with Gasteiger partial charge in [0.25, 0.3) is 0 Å². The smallest absolute Gasteiger partial charge is 0.335 e. The third kappa shape index (κ3) is 5.09. The molecular formula is C41H60N2O4. The number of carboxylic acid groups (broad SMARTS) is 1. The molecule has 4 saturated carbocycles. The van der Waals surface area contributed by atoms with Crippen molar-refractivity contribution in [1.82, 2.24) is 10.6 Å². The average Bonchev–Trinajstić information content (AvgIpc) is 3.42. The fourth-order valence-corrected chi connectivity index (χ4v) is 13.1. The molecule has 5 aliphatic carbocycles. The van der Waals surface area contributed by atoms with Crippen LogP contribution in [0.2, 0.25) is 0 Å². The molecule has 4 fully saturated rings. The summed E-state index contributed by atoms with van der Waals surface area (Å²) in [5.41, 5.74) is 4.35. The molecule has 0 spiro atoms. The first-order valence-electron chi connectivity index (χ1n) is 18.5. The number of benzene rings is 1. The lowest BCUT2D eigenvalue weighted by Gasteiger charge is -2.72. The molecule has 5 aliphatic rings. The Balaban J connectivity index is 1.30. The number of carbonyl (C=O) groups excluding carboxylic acids is 1. The summed E-state index contributed by atoms with van der Waals surface area (Å²) in [5, 5.41) is 25.1. The van der Waals surface area contributed by atoms with E-state index >= 15 is 0 Å². The lowest BCUT2D eigenvalue weighted by atomic mass is 9.32. The van der Waals surface area contributed by atoms with E-state index in [0.29, 0.717) is 54.8 Å². The van der Waals surface area contributed by atoms with Crippen LogP contribution in [0.25, 0.3) is 5.57 Å². The number of aromatic carboxylic acids is 1. The maximum absolute atomic E-state index is 14.2. The molecular weight excluding hydrogens is 584 g/mol. The molecule has 9 atom stereocenters. The van der Waals surface area contributed by atoms with Crippen molar-refractivity contribution in [3.8, 4) is 0 Å². The molecule has 0 bridgehead atoms. The van der Waals surface area contributed by atoms with Gasteiger partial charge in [-0.15, -0.1) is 0 Å². The highest BCUT2D eigenvalue weighted by Gasteiger charge is 2.71. The number of hydrogen-bond donors (Lipinski definition) is 4. The Bertz CT molecular complexity index is 1430. The highest BCUT2D eigenvalue weighted by atomic mass is 16.4. The second kappa shape index (κ2) is 12.2. The van der Waals surface area contributed by atoms with E-state index in [1.165, 1.54) is 36.8 Å². The van der Waals surface area contributed by atoms with Gasteiger partial charge >= 0.3 is 5.97 Å². The molecule has 6 rings (SSSR count). The van der Waals surface area contributed by atoms with Crippen molar-refractivity contribution >= 4 is 17.4 Å². The molecule has 4 N–H and O–H groups in total. The monoisotopic (exact) mass is 644 g/mol. The number of amides is 1. The maximum atomic E-state index is 14.2. The van der Waals surface area contributed by atoms with Gasteiger partial charge in [-0.05, 0) is 139 Å². The van der Waals surface area contributed by atoms with Crippen LogP contribution in [0.4, 0.5) is 0 Å². The van der Waals surface area contributed by atoms with Gasteiger partial charge in [-0.1, -0.05) is 65.0 Å². The fourth-order valence-electron chi connectivity index (χ4n) is 13.1. The Morgan fingerprint density at radius 1 is 0.872 bits per heavy atom. The lowest BCUT2D eigenvalue weighted by molar-refractivity contribution is -0.225. The lowest BCUT2D eigenvalue weighted by Crippen LogP contribution is -2.66. The molecule has 6 heteroatoms. The summed E-state index contributed by atoms with van der Waals surface area (Å²) in [6.07, 6.45) is 12.5. The Labute approximate surface area is 283 Å². The molecule has 1 amide bonds. The van der Waals surface area contributed by atoms with E-state index in [2.05, 4.69) is 64.8 Å². The number of fused-ring (bicyclic) bond motifs is 7. The van der Waals surface area contributed by atoms with Gasteiger partial charge < -0.3 is 20.8 Å². The van der Waals surface area contributed by atoms with E-state index in [0.717, 1.165) is 37.7 Å². The summed E-state index contributed by atoms with van der Waals surface area (Å²) in [6.45, 7) is 21.4. The predicted octanol–water partition coefficient (Wildman–Crippen LogP) is 7.73. The minimum Gasteiger partial charge on any atom is -0.478 e. The number of aliphatic hydroxyl groups excluding tert-OH is 1. The molecule has 0 aliphatic heterocycles. The van der Waals surface area contributed by atoms with Crippen LogP contribution in [0, 0.1) is 56.7 Å². The van der Waals surface area contributed by atoms with Crippen LogP contribution in [0.15, 0.2) is 42.5 Å². The number of carboxylic acids is 1. The van der Waals surface area contributed by atoms with Crippen molar-refractivity contribution < 1.29 is 19.8 Å². The first kappa shape index (κ1) is 34.4. The summed E-state index contributed by atoms with van der Waals surface area (Å²) >= 11 is 0. The molecule has 258 valence electrons. The quantitative estimate of drug-likeness (QED) is 0.163. The summed E-state index contributed by atoms with van der Waals surface area (Å²) in [4.78, 5) is 25.7. The molecule has 1 aromatic carbocycles. The first-order valence-corrected chi connectivity index (χ1v) is 18.5. The van der Waals surface area contributed by atoms with Gasteiger partial charge in [0.1, 0.15) is 0 Å². The van der Waals surface area contributed by atoms with Gasteiger partial charge in [0.2, 0.25) is 5.91 Å². The standard InChI is InChI=1S/C41H60N2O4/c1-26(2)29-14-19-41(36(47)43-23-22-42-24-25-44)21-20-39(6)31(34(29)41)12-13-33-38(5)17-15-30(27-8-10-28(11-9-27)35(45)46)37(3,4)32(38)16-18-40(33,39)7/h8-11,15,29,31-34,42,44H,1,12-14,16-25H2,2-7H3,(H,43,47)(H,45,46). The Kier molecular flexibility index (Phi) is 8.90. The highest BCUT2D eigenvalue weighted by molar-refractivity contribution is 5.88. The molecule has 9 unspecified atom stereocenters. The minimum absolute atomic E-state index is 0.0147. The topological polar surface area (TPSA) is 98.7 Å². The first-order chi connectivity index (χ1) is 22.2. The molecule has 1 aromatic rings. The van der Waals surface area contributed by atoms with Crippen LogP contribution < -0.4 is 10.6 Å². The summed E-state index contributed by atoms with van der Waals surface area (Å²) in [7, 11) is 0. The van der Waals surface area contributed by atoms with Crippen LogP contribution in [0.3, 0.4) is 0 Å². The van der Waals surface area contributed by atoms with Crippen LogP contribution >= 0.6 is 0 Å². The predicted molar refractivity (Wildman–Crippen MR) is 189 cm³/mol. The molecule has 0 aromatic heterocycles. The Morgan fingerprint density at radius 2 is 1.60 bits per heavy atom. The van der Waals surface area contributed by atoms with Crippen molar-refractivity contribution in [2.75, 3.05) is 26.2 Å². The SMILES string of the molecule is C=C(C)C1CCC2(C(=O)NCCNCCO)CCC3(C)C(CCC4C5(C)CC=C(c6ccc(C(=O)O)cc6)C(C)(C)C5CCC43C)C12. The van der Waals surface area contributed by atoms with Crippen molar-refractivity contribution in [3.05, 3.63) is 53.6 Å². The van der Waals surface area contributed by atoms with Crippen LogP contribution in [-0.2, 0) is 4.79 Å². The summed E-state index contributed by atoms with van der Waals surface area (Å²) in [6, 6.07) is 7.52. The molecule has 0 saturated heterocycles. The van der Waals surface area contributed by atoms with Crippen molar-refractivity contribution in [2.24, 2.45) is 56.7 Å². The van der Waals surface area contributed by atoms with Gasteiger partial charge in [-0.2, -0.15) is 0 Å². The number of allylic oxidation sites excluding steroid dienone is 3. The highest BCUT2D eigenvalue weighted by Crippen LogP contribution is 2.77. The van der Waals surface area contributed by atoms with Gasteiger partial charge in [0, 0.05) is 19.6 Å². The van der Waals surface area contributed by atoms with E-state index in [4.69, 9.17) is 5.11 Å². The fraction of sp³-hybridized carbons (Fsp3) is 0.707. The van der Waals surface area contributed by atoms with E-state index in [1.54, 1.807) is 12.1 Å². The van der Waals surface area contributed by atoms with Crippen molar-refractivity contribution in [2.45, 2.75) is 99.3 Å². The largest absolute Gasteiger partial charge is 0.478 e. The van der Waals surface area contributed by atoms with Gasteiger partial charge in [-0.3, -0.25) is 4.79 Å². The number of carbonyl (C=O) groups is 2. The third-order valence-electron chi connectivity index (χ3n) is 15.4. The van der Waals surface area contributed by atoms with Crippen LogP contribution in [0.5, 0.6) is 0 Å². The molecule has 6 nitrogen and oxygen atoms in total. The van der Waals surface area contributed by atoms with Gasteiger partial charge in [0.15, 0.2) is 0 Å². The van der Waals surface area contributed by atoms with E-state index < -0.39 is 5.97 Å². The number of aliphatic hydroxyl groups is 1. The zero-order valence-electron chi connectivity index (χ0n) is 29.9. The number of nitrogens with one attached hydrogen (secondary N) is 2. The zero-order chi connectivity index (χ0) is 34.0. The van der Waals surface area contributed by atoms with Crippen LogP contribution in [0.1, 0.15) is 115 Å². The number of rotatable bonds is 9. The minimum atomic E-state index is -0.879. The maximum Gasteiger partial charge on any atom is 0.335 e. The van der Waals surface area contributed by atoms with E-state index in [9.17, 15) is 14.7 Å². The second-order valence-corrected chi connectivity index (χ2v) is 17.5. The van der Waals surface area contributed by atoms with E-state index in [1.807, 2.05) is 12.1 Å². The van der Waals surface area contributed by atoms with Crippen LogP contribution in [-0.4, -0.2) is 48.3 Å². The molecule has 47 heavy (non-hydrogen) atoms. The summed E-state index contributed by atoms with van der Waals surface area (Å²) in [5.74, 6) is 1.80. The van der Waals surface area contributed by atoms with Crippen molar-refractivity contribution in [3.63, 3.8) is 0 Å². The third-order valence-corrected chi connectivity index (χ3v) is 15.4. The Morgan fingerprint density at radius 3 is 2.26 bits per heavy atom. The number of hydrogen-bond acceptors (Lipinski definition) is 4. The summed E-state index contributed by atoms with van der Waals surface area (Å²) < 4.78 is 0. The average molecular weight is 645 g/mol. The van der Waals surface area contributed by atoms with Gasteiger partial charge in [0.05, 0.1) is 17.6 Å². The van der Waals surface area contributed by atoms with E-state index in [-0.39, 0.29) is 39.6 Å².